The van der Waals surface area contributed by atoms with E-state index in [-0.39, 0.29) is 5.56 Å². The predicted molar refractivity (Wildman–Crippen MR) is 96.5 cm³/mol. The van der Waals surface area contributed by atoms with Crippen LogP contribution in [-0.4, -0.2) is 30.0 Å². The molecule has 3 rings (SSSR count). The van der Waals surface area contributed by atoms with Gasteiger partial charge < -0.3 is 9.64 Å². The van der Waals surface area contributed by atoms with Crippen LogP contribution >= 0.6 is 11.6 Å². The molecule has 0 radical (unpaired) electrons. The Morgan fingerprint density at radius 2 is 1.96 bits per heavy atom. The summed E-state index contributed by atoms with van der Waals surface area (Å²) in [6.45, 7) is 6.25. The summed E-state index contributed by atoms with van der Waals surface area (Å²) in [5.41, 5.74) is 3.76. The summed E-state index contributed by atoms with van der Waals surface area (Å²) in [6, 6.07) is 5.53. The van der Waals surface area contributed by atoms with Crippen molar-refractivity contribution in [2.45, 2.75) is 33.2 Å². The smallest absolute Gasteiger partial charge is 0.269 e. The first-order valence-corrected chi connectivity index (χ1v) is 8.54. The van der Waals surface area contributed by atoms with Gasteiger partial charge in [0.2, 0.25) is 0 Å². The lowest BCUT2D eigenvalue weighted by molar-refractivity contribution is 0.410. The van der Waals surface area contributed by atoms with Crippen LogP contribution in [0.15, 0.2) is 23.0 Å². The Labute approximate surface area is 146 Å². The number of methoxy groups -OCH3 is 1. The minimum atomic E-state index is -0.136. The van der Waals surface area contributed by atoms with Gasteiger partial charge in [-0.25, -0.2) is 4.68 Å². The Hall–Kier alpha value is -2.01. The average molecular weight is 348 g/mol. The van der Waals surface area contributed by atoms with Gasteiger partial charge in [-0.2, -0.15) is 5.10 Å². The molecule has 0 amide bonds. The Kier molecular flexibility index (Phi) is 4.81. The van der Waals surface area contributed by atoms with Crippen molar-refractivity contribution in [3.63, 3.8) is 0 Å². The van der Waals surface area contributed by atoms with E-state index in [0.717, 1.165) is 54.1 Å². The van der Waals surface area contributed by atoms with E-state index in [9.17, 15) is 4.79 Å². The molecular weight excluding hydrogens is 326 g/mol. The van der Waals surface area contributed by atoms with Gasteiger partial charge in [-0.1, -0.05) is 17.7 Å². The van der Waals surface area contributed by atoms with Crippen molar-refractivity contribution in [3.8, 4) is 5.75 Å². The molecule has 1 aromatic heterocycles. The molecule has 1 saturated heterocycles. The highest BCUT2D eigenvalue weighted by atomic mass is 35.5. The van der Waals surface area contributed by atoms with Crippen LogP contribution in [0.2, 0.25) is 5.15 Å². The van der Waals surface area contributed by atoms with Crippen molar-refractivity contribution in [2.24, 2.45) is 0 Å². The second kappa shape index (κ2) is 6.85. The lowest BCUT2D eigenvalue weighted by Gasteiger charge is -2.19. The third kappa shape index (κ3) is 3.13. The van der Waals surface area contributed by atoms with Crippen LogP contribution in [0, 0.1) is 13.8 Å². The number of hydrogen-bond donors (Lipinski definition) is 0. The van der Waals surface area contributed by atoms with Gasteiger partial charge in [0.05, 0.1) is 19.3 Å². The molecule has 128 valence electrons. The number of nitrogens with zero attached hydrogens (tertiary/aromatic N) is 3. The molecule has 6 heteroatoms. The van der Waals surface area contributed by atoms with E-state index in [4.69, 9.17) is 16.3 Å². The lowest BCUT2D eigenvalue weighted by atomic mass is 10.0. The van der Waals surface area contributed by atoms with Crippen LogP contribution in [-0.2, 0) is 6.54 Å². The normalized spacial score (nSPS) is 14.2. The molecule has 24 heavy (non-hydrogen) atoms. The van der Waals surface area contributed by atoms with Crippen LogP contribution < -0.4 is 15.2 Å². The highest BCUT2D eigenvalue weighted by Gasteiger charge is 2.18. The van der Waals surface area contributed by atoms with Crippen molar-refractivity contribution in [1.29, 1.82) is 0 Å². The Balaban J connectivity index is 1.97. The zero-order chi connectivity index (χ0) is 17.3. The summed E-state index contributed by atoms with van der Waals surface area (Å²) in [7, 11) is 1.65. The van der Waals surface area contributed by atoms with Gasteiger partial charge in [0.25, 0.3) is 5.56 Å². The Bertz CT molecular complexity index is 811. The zero-order valence-corrected chi connectivity index (χ0v) is 15.1. The number of aromatic nitrogens is 2. The number of halogens is 1. The van der Waals surface area contributed by atoms with Gasteiger partial charge in [0.1, 0.15) is 5.75 Å². The van der Waals surface area contributed by atoms with Crippen molar-refractivity contribution in [3.05, 3.63) is 50.4 Å². The first-order valence-electron chi connectivity index (χ1n) is 8.17. The van der Waals surface area contributed by atoms with E-state index in [1.165, 1.54) is 4.68 Å². The standard InChI is InChI=1S/C18H22ClN3O2/c1-12-6-7-16(24-3)13(2)14(12)11-22-17(23)10-15(18(19)20-22)21-8-4-5-9-21/h6-7,10H,4-5,8-9,11H2,1-3H3. The van der Waals surface area contributed by atoms with Crippen molar-refractivity contribution < 1.29 is 4.74 Å². The summed E-state index contributed by atoms with van der Waals surface area (Å²) < 4.78 is 6.81. The van der Waals surface area contributed by atoms with E-state index < -0.39 is 0 Å². The monoisotopic (exact) mass is 347 g/mol. The summed E-state index contributed by atoms with van der Waals surface area (Å²) in [6.07, 6.45) is 2.25. The highest BCUT2D eigenvalue weighted by Crippen LogP contribution is 2.27. The van der Waals surface area contributed by atoms with Crippen LogP contribution in [0.1, 0.15) is 29.5 Å². The first-order chi connectivity index (χ1) is 11.5. The van der Waals surface area contributed by atoms with Crippen molar-refractivity contribution in [1.82, 2.24) is 9.78 Å². The Morgan fingerprint density at radius 1 is 1.25 bits per heavy atom. The largest absolute Gasteiger partial charge is 0.496 e. The highest BCUT2D eigenvalue weighted by molar-refractivity contribution is 6.31. The van der Waals surface area contributed by atoms with Gasteiger partial charge in [0, 0.05) is 19.2 Å². The molecule has 2 aromatic rings. The number of rotatable bonds is 4. The van der Waals surface area contributed by atoms with E-state index >= 15 is 0 Å². The summed E-state index contributed by atoms with van der Waals surface area (Å²) in [5, 5.41) is 4.72. The first kappa shape index (κ1) is 16.8. The number of hydrogen-bond acceptors (Lipinski definition) is 4. The summed E-state index contributed by atoms with van der Waals surface area (Å²) in [5.74, 6) is 0.809. The van der Waals surface area contributed by atoms with Gasteiger partial charge in [0.15, 0.2) is 5.15 Å². The number of aryl methyl sites for hydroxylation is 1. The molecule has 0 bridgehead atoms. The molecular formula is C18H22ClN3O2. The van der Waals surface area contributed by atoms with Crippen molar-refractivity contribution >= 4 is 17.3 Å². The molecule has 5 nitrogen and oxygen atoms in total. The molecule has 0 spiro atoms. The number of ether oxygens (including phenoxy) is 1. The topological polar surface area (TPSA) is 47.4 Å². The number of anilines is 1. The molecule has 1 aliphatic rings. The molecule has 0 N–H and O–H groups in total. The molecule has 0 saturated carbocycles. The third-order valence-electron chi connectivity index (χ3n) is 4.69. The van der Waals surface area contributed by atoms with Gasteiger partial charge in [-0.15, -0.1) is 0 Å². The predicted octanol–water partition coefficient (Wildman–Crippen LogP) is 3.17. The molecule has 1 fully saturated rings. The maximum absolute atomic E-state index is 12.5. The maximum atomic E-state index is 12.5. The fraction of sp³-hybridized carbons (Fsp3) is 0.444. The second-order valence-corrected chi connectivity index (χ2v) is 6.56. The van der Waals surface area contributed by atoms with Gasteiger partial charge in [-0.05, 0) is 49.4 Å². The molecule has 1 aromatic carbocycles. The van der Waals surface area contributed by atoms with Crippen LogP contribution in [0.4, 0.5) is 5.69 Å². The van der Waals surface area contributed by atoms with E-state index in [2.05, 4.69) is 10.00 Å². The summed E-state index contributed by atoms with van der Waals surface area (Å²) in [4.78, 5) is 14.6. The van der Waals surface area contributed by atoms with Crippen LogP contribution in [0.25, 0.3) is 0 Å². The minimum Gasteiger partial charge on any atom is -0.496 e. The quantitative estimate of drug-likeness (QED) is 0.852. The second-order valence-electron chi connectivity index (χ2n) is 6.20. The Morgan fingerprint density at radius 3 is 2.62 bits per heavy atom. The van der Waals surface area contributed by atoms with Gasteiger partial charge in [-0.3, -0.25) is 4.79 Å². The van der Waals surface area contributed by atoms with E-state index in [1.807, 2.05) is 26.0 Å². The molecule has 0 unspecified atom stereocenters. The molecule has 0 atom stereocenters. The molecule has 0 aliphatic carbocycles. The molecule has 2 heterocycles. The lowest BCUT2D eigenvalue weighted by Crippen LogP contribution is -2.27. The average Bonchev–Trinajstić information content (AvgIpc) is 3.08. The fourth-order valence-electron chi connectivity index (χ4n) is 3.24. The summed E-state index contributed by atoms with van der Waals surface area (Å²) >= 11 is 6.35. The minimum absolute atomic E-state index is 0.136. The van der Waals surface area contributed by atoms with Crippen LogP contribution in [0.5, 0.6) is 5.75 Å². The van der Waals surface area contributed by atoms with Gasteiger partial charge >= 0.3 is 0 Å². The zero-order valence-electron chi connectivity index (χ0n) is 14.3. The van der Waals surface area contributed by atoms with E-state index in [1.54, 1.807) is 13.2 Å². The van der Waals surface area contributed by atoms with Crippen molar-refractivity contribution in [2.75, 3.05) is 25.1 Å². The van der Waals surface area contributed by atoms with E-state index in [0.29, 0.717) is 11.7 Å². The fourth-order valence-corrected chi connectivity index (χ4v) is 3.50. The number of benzene rings is 1. The maximum Gasteiger partial charge on any atom is 0.269 e. The van der Waals surface area contributed by atoms with Crippen LogP contribution in [0.3, 0.4) is 0 Å². The molecule has 1 aliphatic heterocycles. The SMILES string of the molecule is COc1ccc(C)c(Cn2nc(Cl)c(N3CCCC3)cc2=O)c1C. The third-order valence-corrected chi connectivity index (χ3v) is 4.96.